The van der Waals surface area contributed by atoms with Crippen LogP contribution in [0.4, 0.5) is 0 Å². The van der Waals surface area contributed by atoms with Crippen LogP contribution < -0.4 is 5.73 Å². The van der Waals surface area contributed by atoms with Crippen molar-refractivity contribution in [2.24, 2.45) is 11.7 Å². The number of nitrogens with zero attached hydrogens (tertiary/aromatic N) is 2. The number of likely N-dealkylation sites (N-methyl/N-ethyl adjacent to an activating group) is 1. The van der Waals surface area contributed by atoms with E-state index < -0.39 is 5.97 Å². The van der Waals surface area contributed by atoms with E-state index >= 15 is 0 Å². The summed E-state index contributed by atoms with van der Waals surface area (Å²) >= 11 is 0. The Kier molecular flexibility index (Phi) is 30.1. The van der Waals surface area contributed by atoms with E-state index in [2.05, 4.69) is 6.92 Å². The fourth-order valence-corrected chi connectivity index (χ4v) is 2.19. The zero-order valence-electron chi connectivity index (χ0n) is 18.6. The Hall–Kier alpha value is -0.296. The zero-order chi connectivity index (χ0) is 21.1. The number of carbonyl (C=O) groups excluding carboxylic acids is 1. The fraction of sp³-hybridized carbons (Fsp3) is 0.800. The number of carboxylic acid groups (broad SMARTS) is 1. The van der Waals surface area contributed by atoms with Crippen molar-refractivity contribution in [2.75, 3.05) is 39.8 Å². The molecule has 7 heteroatoms. The minimum absolute atomic E-state index is 0. The number of hydrogen-bond donors (Lipinski definition) is 2. The molecule has 1 saturated heterocycles. The van der Waals surface area contributed by atoms with Gasteiger partial charge >= 0.3 is 5.97 Å². The van der Waals surface area contributed by atoms with Gasteiger partial charge in [0.05, 0.1) is 12.5 Å². The van der Waals surface area contributed by atoms with Crippen molar-refractivity contribution in [3.63, 3.8) is 0 Å². The van der Waals surface area contributed by atoms with Gasteiger partial charge in [-0.15, -0.1) is 0 Å². The van der Waals surface area contributed by atoms with Gasteiger partial charge in [-0.2, -0.15) is 5.57 Å². The molecular formula is C20H42N3O3Y-. The molecule has 0 aromatic rings. The van der Waals surface area contributed by atoms with E-state index in [0.717, 1.165) is 25.6 Å². The van der Waals surface area contributed by atoms with E-state index in [4.69, 9.17) is 17.4 Å². The molecule has 27 heavy (non-hydrogen) atoms. The molecule has 1 aliphatic heterocycles. The average Bonchev–Trinajstić information content (AvgIpc) is 2.63. The Labute approximate surface area is 192 Å². The van der Waals surface area contributed by atoms with Gasteiger partial charge in [0.15, 0.2) is 0 Å². The summed E-state index contributed by atoms with van der Waals surface area (Å²) in [6.07, 6.45) is 3.58. The molecule has 0 saturated carbocycles. The molecule has 0 aromatic heterocycles. The first kappa shape index (κ1) is 34.2. The second-order valence-electron chi connectivity index (χ2n) is 5.93. The molecule has 1 heterocycles. The summed E-state index contributed by atoms with van der Waals surface area (Å²) in [5, 5.41) is 8.55. The molecule has 6 nitrogen and oxygen atoms in total. The Morgan fingerprint density at radius 2 is 1.59 bits per heavy atom. The van der Waals surface area contributed by atoms with Crippen LogP contribution in [0.3, 0.4) is 0 Å². The Bertz CT molecular complexity index is 371. The predicted molar refractivity (Wildman–Crippen MR) is 110 cm³/mol. The minimum Gasteiger partial charge on any atom is -0.480 e. The van der Waals surface area contributed by atoms with Crippen LogP contribution in [0.2, 0.25) is 0 Å². The number of nitrogens with two attached hydrogens (primary N) is 1. The van der Waals surface area contributed by atoms with E-state index in [9.17, 15) is 9.59 Å². The molecule has 0 aliphatic carbocycles. The third-order valence-corrected chi connectivity index (χ3v) is 3.80. The second kappa shape index (κ2) is 23.7. The molecule has 0 aromatic carbocycles. The van der Waals surface area contributed by atoms with E-state index in [1.165, 1.54) is 19.3 Å². The number of rotatable bonds is 5. The first-order valence-corrected chi connectivity index (χ1v) is 9.71. The van der Waals surface area contributed by atoms with Gasteiger partial charge in [-0.25, -0.2) is 0 Å². The van der Waals surface area contributed by atoms with Crippen molar-refractivity contribution in [2.45, 2.75) is 60.8 Å². The summed E-state index contributed by atoms with van der Waals surface area (Å²) < 4.78 is 0. The zero-order valence-corrected chi connectivity index (χ0v) is 21.5. The van der Waals surface area contributed by atoms with Crippen LogP contribution in [0.1, 0.15) is 60.8 Å². The third-order valence-electron chi connectivity index (χ3n) is 3.80. The smallest absolute Gasteiger partial charge is 0.317 e. The van der Waals surface area contributed by atoms with Crippen LogP contribution in [0.5, 0.6) is 0 Å². The monoisotopic (exact) mass is 461 g/mol. The van der Waals surface area contributed by atoms with Gasteiger partial charge in [-0.1, -0.05) is 41.0 Å². The van der Waals surface area contributed by atoms with Crippen LogP contribution in [-0.4, -0.2) is 66.6 Å². The Morgan fingerprint density at radius 3 is 1.81 bits per heavy atom. The Balaban J connectivity index is -0.000000157. The van der Waals surface area contributed by atoms with Crippen molar-refractivity contribution in [3.8, 4) is 0 Å². The van der Waals surface area contributed by atoms with E-state index in [1.807, 2.05) is 32.6 Å². The SMILES string of the molecule is CC.CCC1CCN(CC(=O)O)CC1.CCN.[CH-]=C(C)C(=O)N(C)CC.[Y]. The second-order valence-corrected chi connectivity index (χ2v) is 5.93. The number of hydrogen-bond acceptors (Lipinski definition) is 4. The molecule has 0 bridgehead atoms. The largest absolute Gasteiger partial charge is 0.480 e. The Morgan fingerprint density at radius 1 is 1.19 bits per heavy atom. The maximum atomic E-state index is 10.8. The molecule has 159 valence electrons. The van der Waals surface area contributed by atoms with Gasteiger partial charge in [0.1, 0.15) is 0 Å². The van der Waals surface area contributed by atoms with Crippen LogP contribution in [0.15, 0.2) is 5.57 Å². The maximum absolute atomic E-state index is 10.8. The van der Waals surface area contributed by atoms with Gasteiger partial charge < -0.3 is 20.5 Å². The molecule has 1 radical (unpaired) electrons. The van der Waals surface area contributed by atoms with Gasteiger partial charge in [-0.3, -0.25) is 16.3 Å². The maximum Gasteiger partial charge on any atom is 0.317 e. The van der Waals surface area contributed by atoms with Crippen molar-refractivity contribution in [1.29, 1.82) is 0 Å². The first-order valence-electron chi connectivity index (χ1n) is 9.71. The van der Waals surface area contributed by atoms with Crippen LogP contribution in [0.25, 0.3) is 0 Å². The van der Waals surface area contributed by atoms with E-state index in [-0.39, 0.29) is 45.2 Å². The topological polar surface area (TPSA) is 86.9 Å². The molecule has 0 spiro atoms. The molecular weight excluding hydrogens is 419 g/mol. The number of piperidine rings is 1. The molecule has 0 unspecified atom stereocenters. The molecule has 1 amide bonds. The average molecular weight is 461 g/mol. The predicted octanol–water partition coefficient (Wildman–Crippen LogP) is 3.03. The van der Waals surface area contributed by atoms with Crippen molar-refractivity contribution in [1.82, 2.24) is 9.80 Å². The van der Waals surface area contributed by atoms with Crippen molar-refractivity contribution >= 4 is 11.9 Å². The quantitative estimate of drug-likeness (QED) is 0.486. The normalized spacial score (nSPS) is 13.2. The van der Waals surface area contributed by atoms with E-state index in [1.54, 1.807) is 18.9 Å². The number of carbonyl (C=O) groups is 2. The van der Waals surface area contributed by atoms with Crippen LogP contribution >= 0.6 is 0 Å². The fourth-order valence-electron chi connectivity index (χ4n) is 2.19. The van der Waals surface area contributed by atoms with Crippen LogP contribution in [0, 0.1) is 12.5 Å². The van der Waals surface area contributed by atoms with Gasteiger partial charge in [0.25, 0.3) is 0 Å². The van der Waals surface area contributed by atoms with Gasteiger partial charge in [0, 0.05) is 39.3 Å². The summed E-state index contributed by atoms with van der Waals surface area (Å²) in [6.45, 7) is 20.5. The summed E-state index contributed by atoms with van der Waals surface area (Å²) in [6, 6.07) is 0. The van der Waals surface area contributed by atoms with Crippen molar-refractivity contribution in [3.05, 3.63) is 12.2 Å². The minimum atomic E-state index is -0.704. The molecule has 1 aliphatic rings. The third kappa shape index (κ3) is 21.9. The molecule has 1 fully saturated rings. The summed E-state index contributed by atoms with van der Waals surface area (Å²) in [5.74, 6) is 0.0393. The number of carboxylic acids is 1. The molecule has 1 rings (SSSR count). The summed E-state index contributed by atoms with van der Waals surface area (Å²) in [4.78, 5) is 24.8. The summed E-state index contributed by atoms with van der Waals surface area (Å²) in [7, 11) is 1.72. The van der Waals surface area contributed by atoms with Gasteiger partial charge in [-0.05, 0) is 52.4 Å². The number of aliphatic carboxylic acids is 1. The van der Waals surface area contributed by atoms with Crippen LogP contribution in [-0.2, 0) is 42.3 Å². The number of amides is 1. The van der Waals surface area contributed by atoms with Crippen molar-refractivity contribution < 1.29 is 47.4 Å². The first-order chi connectivity index (χ1) is 12.2. The standard InChI is InChI=1S/C9H17NO2.C7H12NO.C2H7N.C2H6.Y/c1-2-8-3-5-10(6-4-8)7-9(11)12;1-5-8(4)7(9)6(2)3;1-2-3;1-2;/h8H,2-7H2,1H3,(H,11,12);2H,5H2,1,3-4H3;2-3H2,1H3;1-2H3;/q;-1;;;. The van der Waals surface area contributed by atoms with E-state index in [0.29, 0.717) is 12.1 Å². The molecule has 3 N–H and O–H groups in total. The van der Waals surface area contributed by atoms with Gasteiger partial charge in [0.2, 0.25) is 0 Å². The molecule has 0 atom stereocenters. The number of likely N-dealkylation sites (tertiary alicyclic amines) is 1. The summed E-state index contributed by atoms with van der Waals surface area (Å²) in [5.41, 5.74) is 5.19.